The maximum atomic E-state index is 12.8. The van der Waals surface area contributed by atoms with Crippen LogP contribution in [0.15, 0.2) is 48.5 Å². The summed E-state index contributed by atoms with van der Waals surface area (Å²) in [5.74, 6) is 0.0858. The lowest BCUT2D eigenvalue weighted by Crippen LogP contribution is -2.48. The Morgan fingerprint density at radius 3 is 2.14 bits per heavy atom. The fraction of sp³-hybridized carbons (Fsp3) is 0.417. The van der Waals surface area contributed by atoms with Gasteiger partial charge in [-0.15, -0.1) is 0 Å². The zero-order chi connectivity index (χ0) is 21.0. The van der Waals surface area contributed by atoms with Gasteiger partial charge in [-0.1, -0.05) is 52.0 Å². The standard InChI is InChI=1S/C24H31N3O2/c1-5-22(28)27-16-14-26(15-17-27)21-9-7-6-8-20(21)25-23(29)18-10-12-19(13-11-18)24(2,3)4/h6-13H,5,14-17H2,1-4H3,(H,25,29). The van der Waals surface area contributed by atoms with Crippen LogP contribution < -0.4 is 10.2 Å². The van der Waals surface area contributed by atoms with E-state index in [1.165, 1.54) is 5.56 Å². The van der Waals surface area contributed by atoms with Crippen LogP contribution in [0.1, 0.15) is 50.0 Å². The number of amides is 2. The topological polar surface area (TPSA) is 52.7 Å². The van der Waals surface area contributed by atoms with Crippen LogP contribution in [0, 0.1) is 0 Å². The second-order valence-corrected chi connectivity index (χ2v) is 8.52. The minimum absolute atomic E-state index is 0.0584. The van der Waals surface area contributed by atoms with Gasteiger partial charge >= 0.3 is 0 Å². The highest BCUT2D eigenvalue weighted by atomic mass is 16.2. The molecule has 0 radical (unpaired) electrons. The van der Waals surface area contributed by atoms with E-state index < -0.39 is 0 Å². The molecule has 5 nitrogen and oxygen atoms in total. The summed E-state index contributed by atoms with van der Waals surface area (Å²) in [6.45, 7) is 11.3. The van der Waals surface area contributed by atoms with Gasteiger partial charge in [-0.3, -0.25) is 9.59 Å². The molecule has 5 heteroatoms. The average molecular weight is 394 g/mol. The van der Waals surface area contributed by atoms with Gasteiger partial charge in [0.05, 0.1) is 11.4 Å². The Kier molecular flexibility index (Phi) is 6.26. The fourth-order valence-electron chi connectivity index (χ4n) is 3.59. The van der Waals surface area contributed by atoms with Crippen molar-refractivity contribution in [2.45, 2.75) is 39.5 Å². The van der Waals surface area contributed by atoms with E-state index in [-0.39, 0.29) is 17.2 Å². The molecular weight excluding hydrogens is 362 g/mol. The van der Waals surface area contributed by atoms with E-state index in [0.29, 0.717) is 25.1 Å². The molecule has 29 heavy (non-hydrogen) atoms. The molecule has 0 saturated carbocycles. The molecule has 3 rings (SSSR count). The summed E-state index contributed by atoms with van der Waals surface area (Å²) in [6.07, 6.45) is 0.542. The normalized spacial score (nSPS) is 14.6. The number of nitrogens with zero attached hydrogens (tertiary/aromatic N) is 2. The smallest absolute Gasteiger partial charge is 0.255 e. The van der Waals surface area contributed by atoms with Gasteiger partial charge in [-0.25, -0.2) is 0 Å². The van der Waals surface area contributed by atoms with Gasteiger partial charge < -0.3 is 15.1 Å². The molecule has 0 aromatic heterocycles. The summed E-state index contributed by atoms with van der Waals surface area (Å²) in [4.78, 5) is 28.9. The van der Waals surface area contributed by atoms with Gasteiger partial charge in [0.15, 0.2) is 0 Å². The Hall–Kier alpha value is -2.82. The molecule has 0 unspecified atom stereocenters. The minimum atomic E-state index is -0.113. The van der Waals surface area contributed by atoms with Crippen molar-refractivity contribution in [3.63, 3.8) is 0 Å². The summed E-state index contributed by atoms with van der Waals surface area (Å²) in [5.41, 5.74) is 3.70. The molecule has 1 fully saturated rings. The van der Waals surface area contributed by atoms with Crippen LogP contribution in [0.25, 0.3) is 0 Å². The van der Waals surface area contributed by atoms with Crippen LogP contribution >= 0.6 is 0 Å². The van der Waals surface area contributed by atoms with Crippen molar-refractivity contribution in [3.05, 3.63) is 59.7 Å². The summed E-state index contributed by atoms with van der Waals surface area (Å²) < 4.78 is 0. The van der Waals surface area contributed by atoms with E-state index in [2.05, 4.69) is 31.0 Å². The molecule has 1 aliphatic heterocycles. The molecule has 2 amide bonds. The number of hydrogen-bond donors (Lipinski definition) is 1. The van der Waals surface area contributed by atoms with Crippen molar-refractivity contribution in [1.29, 1.82) is 0 Å². The lowest BCUT2D eigenvalue weighted by atomic mass is 9.87. The van der Waals surface area contributed by atoms with E-state index in [9.17, 15) is 9.59 Å². The Labute approximate surface area is 173 Å². The maximum Gasteiger partial charge on any atom is 0.255 e. The van der Waals surface area contributed by atoms with Gasteiger partial charge in [0, 0.05) is 38.2 Å². The van der Waals surface area contributed by atoms with Crippen molar-refractivity contribution in [1.82, 2.24) is 4.90 Å². The number of hydrogen-bond acceptors (Lipinski definition) is 3. The number of rotatable bonds is 4. The highest BCUT2D eigenvalue weighted by Gasteiger charge is 2.22. The molecule has 1 aliphatic rings. The first-order valence-corrected chi connectivity index (χ1v) is 10.3. The fourth-order valence-corrected chi connectivity index (χ4v) is 3.59. The second-order valence-electron chi connectivity index (χ2n) is 8.52. The van der Waals surface area contributed by atoms with Crippen molar-refractivity contribution in [2.24, 2.45) is 0 Å². The van der Waals surface area contributed by atoms with Crippen molar-refractivity contribution in [3.8, 4) is 0 Å². The van der Waals surface area contributed by atoms with Crippen LogP contribution in [0.3, 0.4) is 0 Å². The second kappa shape index (κ2) is 8.68. The lowest BCUT2D eigenvalue weighted by Gasteiger charge is -2.36. The zero-order valence-corrected chi connectivity index (χ0v) is 17.9. The highest BCUT2D eigenvalue weighted by Crippen LogP contribution is 2.28. The summed E-state index contributed by atoms with van der Waals surface area (Å²) in [7, 11) is 0. The number of piperazine rings is 1. The molecule has 1 heterocycles. The monoisotopic (exact) mass is 393 g/mol. The van der Waals surface area contributed by atoms with Crippen LogP contribution in [0.5, 0.6) is 0 Å². The van der Waals surface area contributed by atoms with E-state index in [0.717, 1.165) is 24.5 Å². The summed E-state index contributed by atoms with van der Waals surface area (Å²) in [6, 6.07) is 15.7. The first-order valence-electron chi connectivity index (χ1n) is 10.3. The van der Waals surface area contributed by atoms with Gasteiger partial charge in [-0.2, -0.15) is 0 Å². The Balaban J connectivity index is 1.71. The van der Waals surface area contributed by atoms with Crippen molar-refractivity contribution in [2.75, 3.05) is 36.4 Å². The van der Waals surface area contributed by atoms with Crippen molar-refractivity contribution < 1.29 is 9.59 Å². The molecular formula is C24H31N3O2. The van der Waals surface area contributed by atoms with Gasteiger partial charge in [0.1, 0.15) is 0 Å². The molecule has 1 N–H and O–H groups in total. The molecule has 154 valence electrons. The van der Waals surface area contributed by atoms with Crippen LogP contribution in [0.4, 0.5) is 11.4 Å². The van der Waals surface area contributed by atoms with Crippen LogP contribution in [-0.2, 0) is 10.2 Å². The van der Waals surface area contributed by atoms with E-state index in [1.54, 1.807) is 0 Å². The highest BCUT2D eigenvalue weighted by molar-refractivity contribution is 6.06. The average Bonchev–Trinajstić information content (AvgIpc) is 2.73. The summed E-state index contributed by atoms with van der Waals surface area (Å²) >= 11 is 0. The predicted octanol–water partition coefficient (Wildman–Crippen LogP) is 4.30. The third-order valence-electron chi connectivity index (χ3n) is 5.44. The number of carbonyl (C=O) groups excluding carboxylic acids is 2. The molecule has 2 aromatic carbocycles. The SMILES string of the molecule is CCC(=O)N1CCN(c2ccccc2NC(=O)c2ccc(C(C)(C)C)cc2)CC1. The number of carbonyl (C=O) groups is 2. The maximum absolute atomic E-state index is 12.8. The first kappa shape index (κ1) is 20.9. The molecule has 0 bridgehead atoms. The number of nitrogens with one attached hydrogen (secondary N) is 1. The quantitative estimate of drug-likeness (QED) is 0.843. The Bertz CT molecular complexity index is 860. The Morgan fingerprint density at radius 2 is 1.55 bits per heavy atom. The molecule has 1 saturated heterocycles. The lowest BCUT2D eigenvalue weighted by molar-refractivity contribution is -0.131. The largest absolute Gasteiger partial charge is 0.366 e. The Morgan fingerprint density at radius 1 is 0.931 bits per heavy atom. The van der Waals surface area contributed by atoms with Gasteiger partial charge in [0.2, 0.25) is 5.91 Å². The number of anilines is 2. The van der Waals surface area contributed by atoms with Crippen molar-refractivity contribution >= 4 is 23.2 Å². The molecule has 0 aliphatic carbocycles. The number of para-hydroxylation sites is 2. The molecule has 2 aromatic rings. The zero-order valence-electron chi connectivity index (χ0n) is 17.9. The minimum Gasteiger partial charge on any atom is -0.366 e. The third kappa shape index (κ3) is 4.97. The van der Waals surface area contributed by atoms with Gasteiger partial charge in [-0.05, 0) is 35.2 Å². The van der Waals surface area contributed by atoms with Gasteiger partial charge in [0.25, 0.3) is 5.91 Å². The molecule has 0 atom stereocenters. The number of benzene rings is 2. The van der Waals surface area contributed by atoms with E-state index in [1.807, 2.05) is 60.4 Å². The summed E-state index contributed by atoms with van der Waals surface area (Å²) in [5, 5.41) is 3.07. The first-order chi connectivity index (χ1) is 13.8. The van der Waals surface area contributed by atoms with Crippen LogP contribution in [0.2, 0.25) is 0 Å². The third-order valence-corrected chi connectivity index (χ3v) is 5.44. The van der Waals surface area contributed by atoms with Crippen LogP contribution in [-0.4, -0.2) is 42.9 Å². The van der Waals surface area contributed by atoms with E-state index >= 15 is 0 Å². The van der Waals surface area contributed by atoms with E-state index in [4.69, 9.17) is 0 Å². The predicted molar refractivity (Wildman–Crippen MR) is 119 cm³/mol. The molecule has 0 spiro atoms.